The van der Waals surface area contributed by atoms with Crippen molar-refractivity contribution in [2.45, 2.75) is 33.1 Å². The first-order valence-corrected chi connectivity index (χ1v) is 5.55. The highest BCUT2D eigenvalue weighted by atomic mass is 16.5. The van der Waals surface area contributed by atoms with Crippen molar-refractivity contribution in [3.8, 4) is 0 Å². The summed E-state index contributed by atoms with van der Waals surface area (Å²) in [5.41, 5.74) is 0. The molecule has 15 heavy (non-hydrogen) atoms. The maximum atomic E-state index is 11.3. The van der Waals surface area contributed by atoms with Crippen molar-refractivity contribution in [3.05, 3.63) is 0 Å². The minimum Gasteiger partial charge on any atom is -0.466 e. The Morgan fingerprint density at radius 2 is 2.07 bits per heavy atom. The molecule has 0 heterocycles. The third-order valence-electron chi connectivity index (χ3n) is 2.70. The Labute approximate surface area is 90.4 Å². The fourth-order valence-electron chi connectivity index (χ4n) is 1.47. The SMILES string of the molecule is CCOC(=O)CCC(=O)NCC1CC1C. The molecule has 0 radical (unpaired) electrons. The Balaban J connectivity index is 2.00. The van der Waals surface area contributed by atoms with Gasteiger partial charge >= 0.3 is 5.97 Å². The summed E-state index contributed by atoms with van der Waals surface area (Å²) in [6.07, 6.45) is 1.62. The van der Waals surface area contributed by atoms with Crippen LogP contribution < -0.4 is 5.32 Å². The first-order valence-electron chi connectivity index (χ1n) is 5.55. The fraction of sp³-hybridized carbons (Fsp3) is 0.818. The van der Waals surface area contributed by atoms with E-state index >= 15 is 0 Å². The lowest BCUT2D eigenvalue weighted by atomic mass is 10.3. The number of carbonyl (C=O) groups excluding carboxylic acids is 2. The average molecular weight is 213 g/mol. The molecule has 0 aliphatic heterocycles. The summed E-state index contributed by atoms with van der Waals surface area (Å²) in [5, 5.41) is 2.83. The summed E-state index contributed by atoms with van der Waals surface area (Å²) in [6.45, 7) is 5.06. The standard InChI is InChI=1S/C11H19NO3/c1-3-15-11(14)5-4-10(13)12-7-9-6-8(9)2/h8-9H,3-7H2,1-2H3,(H,12,13). The van der Waals surface area contributed by atoms with Crippen LogP contribution in [0.1, 0.15) is 33.1 Å². The van der Waals surface area contributed by atoms with E-state index < -0.39 is 0 Å². The summed E-state index contributed by atoms with van der Waals surface area (Å²) in [7, 11) is 0. The van der Waals surface area contributed by atoms with Crippen molar-refractivity contribution in [3.63, 3.8) is 0 Å². The normalized spacial score (nSPS) is 23.3. The molecule has 4 heteroatoms. The van der Waals surface area contributed by atoms with Gasteiger partial charge in [-0.05, 0) is 25.2 Å². The highest BCUT2D eigenvalue weighted by Gasteiger charge is 2.32. The number of amides is 1. The summed E-state index contributed by atoms with van der Waals surface area (Å²) >= 11 is 0. The molecule has 1 aliphatic rings. The van der Waals surface area contributed by atoms with E-state index in [1.165, 1.54) is 6.42 Å². The van der Waals surface area contributed by atoms with Crippen LogP contribution in [0.2, 0.25) is 0 Å². The summed E-state index contributed by atoms with van der Waals surface area (Å²) in [4.78, 5) is 22.2. The molecular formula is C11H19NO3. The van der Waals surface area contributed by atoms with Gasteiger partial charge in [-0.1, -0.05) is 6.92 Å². The van der Waals surface area contributed by atoms with Crippen molar-refractivity contribution < 1.29 is 14.3 Å². The Morgan fingerprint density at radius 1 is 1.40 bits per heavy atom. The van der Waals surface area contributed by atoms with Gasteiger partial charge in [0.25, 0.3) is 0 Å². The lowest BCUT2D eigenvalue weighted by Gasteiger charge is -2.04. The van der Waals surface area contributed by atoms with E-state index in [1.54, 1.807) is 6.92 Å². The first-order chi connectivity index (χ1) is 7.13. The predicted octanol–water partition coefficient (Wildman–Crippen LogP) is 1.10. The third kappa shape index (κ3) is 4.81. The largest absolute Gasteiger partial charge is 0.466 e. The molecule has 1 fully saturated rings. The van der Waals surface area contributed by atoms with E-state index in [1.807, 2.05) is 0 Å². The van der Waals surface area contributed by atoms with Gasteiger partial charge < -0.3 is 10.1 Å². The lowest BCUT2D eigenvalue weighted by molar-refractivity contribution is -0.144. The number of carbonyl (C=O) groups is 2. The van der Waals surface area contributed by atoms with Gasteiger partial charge in [0, 0.05) is 13.0 Å². The van der Waals surface area contributed by atoms with Gasteiger partial charge in [-0.15, -0.1) is 0 Å². The van der Waals surface area contributed by atoms with Crippen molar-refractivity contribution >= 4 is 11.9 Å². The van der Waals surface area contributed by atoms with Crippen LogP contribution >= 0.6 is 0 Å². The molecule has 0 bridgehead atoms. The van der Waals surface area contributed by atoms with Gasteiger partial charge in [0.05, 0.1) is 13.0 Å². The Hall–Kier alpha value is -1.06. The number of esters is 1. The summed E-state index contributed by atoms with van der Waals surface area (Å²) < 4.78 is 4.73. The molecule has 4 nitrogen and oxygen atoms in total. The van der Waals surface area contributed by atoms with E-state index in [2.05, 4.69) is 12.2 Å². The molecule has 0 spiro atoms. The van der Waals surface area contributed by atoms with Crippen molar-refractivity contribution in [2.24, 2.45) is 11.8 Å². The van der Waals surface area contributed by atoms with Crippen LogP contribution in [-0.4, -0.2) is 25.0 Å². The second-order valence-corrected chi connectivity index (χ2v) is 4.08. The number of nitrogens with one attached hydrogen (secondary N) is 1. The second-order valence-electron chi connectivity index (χ2n) is 4.08. The van der Waals surface area contributed by atoms with Crippen LogP contribution in [0, 0.1) is 11.8 Å². The fourth-order valence-corrected chi connectivity index (χ4v) is 1.47. The number of rotatable bonds is 6. The third-order valence-corrected chi connectivity index (χ3v) is 2.70. The maximum absolute atomic E-state index is 11.3. The average Bonchev–Trinajstić information content (AvgIpc) is 2.89. The molecule has 86 valence electrons. The van der Waals surface area contributed by atoms with Gasteiger partial charge in [0.2, 0.25) is 5.91 Å². The molecule has 2 atom stereocenters. The zero-order chi connectivity index (χ0) is 11.3. The number of hydrogen-bond acceptors (Lipinski definition) is 3. The maximum Gasteiger partial charge on any atom is 0.306 e. The Kier molecular flexibility index (Phi) is 4.59. The molecule has 1 N–H and O–H groups in total. The summed E-state index contributed by atoms with van der Waals surface area (Å²) in [5.74, 6) is 1.04. The molecule has 1 rings (SSSR count). The van der Waals surface area contributed by atoms with Crippen LogP contribution in [0.3, 0.4) is 0 Å². The molecule has 0 aromatic heterocycles. The highest BCUT2D eigenvalue weighted by molar-refractivity contribution is 5.81. The van der Waals surface area contributed by atoms with Gasteiger partial charge in [-0.3, -0.25) is 9.59 Å². The van der Waals surface area contributed by atoms with E-state index in [0.717, 1.165) is 12.5 Å². The second kappa shape index (κ2) is 5.73. The molecular weight excluding hydrogens is 194 g/mol. The molecule has 1 amide bonds. The summed E-state index contributed by atoms with van der Waals surface area (Å²) in [6, 6.07) is 0. The predicted molar refractivity (Wildman–Crippen MR) is 56.1 cm³/mol. The number of ether oxygens (including phenoxy) is 1. The van der Waals surface area contributed by atoms with Gasteiger partial charge in [-0.25, -0.2) is 0 Å². The monoisotopic (exact) mass is 213 g/mol. The number of hydrogen-bond donors (Lipinski definition) is 1. The highest BCUT2D eigenvalue weighted by Crippen LogP contribution is 2.36. The molecule has 1 saturated carbocycles. The lowest BCUT2D eigenvalue weighted by Crippen LogP contribution is -2.26. The molecule has 1 aliphatic carbocycles. The van der Waals surface area contributed by atoms with E-state index in [0.29, 0.717) is 12.5 Å². The van der Waals surface area contributed by atoms with E-state index in [-0.39, 0.29) is 24.7 Å². The van der Waals surface area contributed by atoms with E-state index in [9.17, 15) is 9.59 Å². The minimum absolute atomic E-state index is 0.0536. The molecule has 0 saturated heterocycles. The molecule has 0 aromatic carbocycles. The van der Waals surface area contributed by atoms with Crippen molar-refractivity contribution in [1.29, 1.82) is 0 Å². The van der Waals surface area contributed by atoms with Gasteiger partial charge in [0.1, 0.15) is 0 Å². The quantitative estimate of drug-likeness (QED) is 0.672. The van der Waals surface area contributed by atoms with Crippen molar-refractivity contribution in [2.75, 3.05) is 13.2 Å². The zero-order valence-electron chi connectivity index (χ0n) is 9.41. The van der Waals surface area contributed by atoms with Crippen LogP contribution in [0.5, 0.6) is 0 Å². The van der Waals surface area contributed by atoms with Gasteiger partial charge in [0.15, 0.2) is 0 Å². The molecule has 2 unspecified atom stereocenters. The first kappa shape index (κ1) is 12.0. The topological polar surface area (TPSA) is 55.4 Å². The van der Waals surface area contributed by atoms with Crippen LogP contribution in [0.4, 0.5) is 0 Å². The van der Waals surface area contributed by atoms with Crippen LogP contribution in [-0.2, 0) is 14.3 Å². The smallest absolute Gasteiger partial charge is 0.306 e. The zero-order valence-corrected chi connectivity index (χ0v) is 9.41. The molecule has 0 aromatic rings. The Bertz CT molecular complexity index is 240. The van der Waals surface area contributed by atoms with Crippen molar-refractivity contribution in [1.82, 2.24) is 5.32 Å². The van der Waals surface area contributed by atoms with Crippen LogP contribution in [0.25, 0.3) is 0 Å². The van der Waals surface area contributed by atoms with Crippen LogP contribution in [0.15, 0.2) is 0 Å². The minimum atomic E-state index is -0.299. The van der Waals surface area contributed by atoms with Gasteiger partial charge in [-0.2, -0.15) is 0 Å². The Morgan fingerprint density at radius 3 is 2.60 bits per heavy atom. The van der Waals surface area contributed by atoms with E-state index in [4.69, 9.17) is 4.74 Å².